The van der Waals surface area contributed by atoms with Crippen molar-refractivity contribution < 1.29 is 9.59 Å². The summed E-state index contributed by atoms with van der Waals surface area (Å²) in [5.41, 5.74) is 0.828. The molecule has 0 amide bonds. The highest BCUT2D eigenvalue weighted by molar-refractivity contribution is 7.98. The lowest BCUT2D eigenvalue weighted by Crippen LogP contribution is -2.46. The Kier molecular flexibility index (Phi) is 3.13. The fourth-order valence-corrected chi connectivity index (χ4v) is 6.51. The van der Waals surface area contributed by atoms with E-state index in [1.54, 1.807) is 0 Å². The molecule has 2 nitrogen and oxygen atoms in total. The molecule has 1 saturated carbocycles. The van der Waals surface area contributed by atoms with Crippen LogP contribution in [0.4, 0.5) is 0 Å². The van der Waals surface area contributed by atoms with Gasteiger partial charge in [-0.25, -0.2) is 0 Å². The molecule has 2 atom stereocenters. The molecule has 3 rings (SSSR count). The average Bonchev–Trinajstić information content (AvgIpc) is 2.85. The lowest BCUT2D eigenvalue weighted by molar-refractivity contribution is -0.128. The molecule has 1 aliphatic heterocycles. The zero-order chi connectivity index (χ0) is 12.8. The Balaban J connectivity index is 1.91. The number of ketones is 2. The van der Waals surface area contributed by atoms with Crippen molar-refractivity contribution in [3.8, 4) is 0 Å². The van der Waals surface area contributed by atoms with Gasteiger partial charge in [-0.05, 0) is 49.6 Å². The molecule has 0 N–H and O–H groups in total. The predicted octanol–water partition coefficient (Wildman–Crippen LogP) is 2.43. The molecule has 0 aromatic carbocycles. The molecular weight excluding hydrogens is 244 g/mol. The minimum atomic E-state index is -0.299. The Morgan fingerprint density at radius 1 is 1.17 bits per heavy atom. The Morgan fingerprint density at radius 2 is 1.89 bits per heavy atom. The van der Waals surface area contributed by atoms with Gasteiger partial charge in [0, 0.05) is 12.8 Å². The fraction of sp³-hybridized carbons (Fsp3) is 0.733. The molecule has 2 aliphatic carbocycles. The molecule has 98 valence electrons. The van der Waals surface area contributed by atoms with Crippen molar-refractivity contribution in [2.24, 2.45) is 5.41 Å². The SMILES string of the molecule is CC12CC([S+]3CCCC3)C(=O)C=C1CCCC2=O. The molecule has 1 heterocycles. The number of carbonyl (C=O) groups is 2. The number of fused-ring (bicyclic) bond motifs is 1. The summed E-state index contributed by atoms with van der Waals surface area (Å²) in [6, 6.07) is 0. The van der Waals surface area contributed by atoms with Gasteiger partial charge < -0.3 is 0 Å². The van der Waals surface area contributed by atoms with Crippen LogP contribution in [0.15, 0.2) is 11.6 Å². The highest BCUT2D eigenvalue weighted by Gasteiger charge is 2.51. The highest BCUT2D eigenvalue weighted by atomic mass is 32.2. The van der Waals surface area contributed by atoms with Crippen molar-refractivity contribution in [2.75, 3.05) is 11.5 Å². The van der Waals surface area contributed by atoms with Crippen molar-refractivity contribution >= 4 is 22.5 Å². The van der Waals surface area contributed by atoms with E-state index in [0.29, 0.717) is 18.0 Å². The second kappa shape index (κ2) is 4.52. The van der Waals surface area contributed by atoms with E-state index in [1.165, 1.54) is 24.3 Å². The Hall–Kier alpha value is -0.570. The summed E-state index contributed by atoms with van der Waals surface area (Å²) in [6.45, 7) is 2.08. The van der Waals surface area contributed by atoms with Crippen molar-refractivity contribution in [3.05, 3.63) is 11.6 Å². The summed E-state index contributed by atoms with van der Waals surface area (Å²) < 4.78 is 0. The largest absolute Gasteiger partial charge is 0.299 e. The van der Waals surface area contributed by atoms with E-state index in [0.717, 1.165) is 24.8 Å². The first-order valence-electron chi connectivity index (χ1n) is 7.06. The van der Waals surface area contributed by atoms with E-state index < -0.39 is 0 Å². The number of hydrogen-bond donors (Lipinski definition) is 0. The Bertz CT molecular complexity index is 420. The third kappa shape index (κ3) is 1.87. The Morgan fingerprint density at radius 3 is 2.61 bits per heavy atom. The van der Waals surface area contributed by atoms with Gasteiger partial charge in [-0.1, -0.05) is 5.57 Å². The summed E-state index contributed by atoms with van der Waals surface area (Å²) >= 11 is 0. The number of hydrogen-bond acceptors (Lipinski definition) is 2. The first-order chi connectivity index (χ1) is 8.61. The van der Waals surface area contributed by atoms with E-state index in [9.17, 15) is 9.59 Å². The molecule has 3 aliphatic rings. The van der Waals surface area contributed by atoms with E-state index in [2.05, 4.69) is 6.92 Å². The standard InChI is InChI=1S/C15H21O2S/c1-15-10-13(18-7-2-3-8-18)12(16)9-11(15)5-4-6-14(15)17/h9,13H,2-8,10H2,1H3/q+1. The third-order valence-electron chi connectivity index (χ3n) is 4.87. The third-order valence-corrected chi connectivity index (χ3v) is 7.70. The number of Topliss-reactive ketones (excluding diaryl/α,β-unsaturated/α-hetero) is 1. The summed E-state index contributed by atoms with van der Waals surface area (Å²) in [4.78, 5) is 24.6. The van der Waals surface area contributed by atoms with Gasteiger partial charge in [0.05, 0.1) is 5.41 Å². The predicted molar refractivity (Wildman–Crippen MR) is 74.8 cm³/mol. The molecule has 2 unspecified atom stereocenters. The summed E-state index contributed by atoms with van der Waals surface area (Å²) in [7, 11) is 0.254. The lowest BCUT2D eigenvalue weighted by Gasteiger charge is -2.39. The monoisotopic (exact) mass is 265 g/mol. The molecule has 18 heavy (non-hydrogen) atoms. The van der Waals surface area contributed by atoms with Gasteiger partial charge in [0.25, 0.3) is 0 Å². The minimum absolute atomic E-state index is 0.156. The molecule has 0 spiro atoms. The quantitative estimate of drug-likeness (QED) is 0.682. The van der Waals surface area contributed by atoms with Gasteiger partial charge in [-0.3, -0.25) is 9.59 Å². The molecular formula is C15H21O2S+. The summed E-state index contributed by atoms with van der Waals surface area (Å²) in [5.74, 6) is 3.12. The van der Waals surface area contributed by atoms with Crippen LogP contribution < -0.4 is 0 Å². The average molecular weight is 265 g/mol. The van der Waals surface area contributed by atoms with Crippen LogP contribution >= 0.6 is 0 Å². The normalized spacial score (nSPS) is 37.6. The zero-order valence-corrected chi connectivity index (χ0v) is 11.9. The van der Waals surface area contributed by atoms with Gasteiger partial charge in [0.2, 0.25) is 5.78 Å². The van der Waals surface area contributed by atoms with Crippen LogP contribution in [0.25, 0.3) is 0 Å². The van der Waals surface area contributed by atoms with E-state index >= 15 is 0 Å². The zero-order valence-electron chi connectivity index (χ0n) is 11.0. The van der Waals surface area contributed by atoms with E-state index in [4.69, 9.17) is 0 Å². The second-order valence-electron chi connectivity index (χ2n) is 6.03. The maximum absolute atomic E-state index is 12.3. The minimum Gasteiger partial charge on any atom is -0.299 e. The van der Waals surface area contributed by atoms with Crippen LogP contribution in [0.3, 0.4) is 0 Å². The van der Waals surface area contributed by atoms with Crippen LogP contribution in [-0.4, -0.2) is 28.3 Å². The van der Waals surface area contributed by atoms with Crippen molar-refractivity contribution in [1.82, 2.24) is 0 Å². The van der Waals surface area contributed by atoms with Gasteiger partial charge in [-0.2, -0.15) is 0 Å². The molecule has 3 heteroatoms. The Labute approximate surface area is 112 Å². The first-order valence-corrected chi connectivity index (χ1v) is 8.68. The van der Waals surface area contributed by atoms with Crippen molar-refractivity contribution in [2.45, 2.75) is 50.7 Å². The van der Waals surface area contributed by atoms with Crippen LogP contribution in [0, 0.1) is 5.41 Å². The van der Waals surface area contributed by atoms with E-state index in [-0.39, 0.29) is 21.6 Å². The van der Waals surface area contributed by atoms with Gasteiger partial charge >= 0.3 is 0 Å². The molecule has 2 fully saturated rings. The van der Waals surface area contributed by atoms with Gasteiger partial charge in [0.15, 0.2) is 5.25 Å². The molecule has 0 aromatic rings. The molecule has 1 saturated heterocycles. The second-order valence-corrected chi connectivity index (χ2v) is 8.49. The van der Waals surface area contributed by atoms with Crippen LogP contribution in [0.5, 0.6) is 0 Å². The number of allylic oxidation sites excluding steroid dienone is 2. The van der Waals surface area contributed by atoms with Gasteiger partial charge in [0.1, 0.15) is 17.3 Å². The number of rotatable bonds is 1. The summed E-state index contributed by atoms with van der Waals surface area (Å²) in [6.07, 6.45) is 7.79. The van der Waals surface area contributed by atoms with Crippen LogP contribution in [-0.2, 0) is 20.5 Å². The van der Waals surface area contributed by atoms with Crippen molar-refractivity contribution in [1.29, 1.82) is 0 Å². The maximum atomic E-state index is 12.3. The topological polar surface area (TPSA) is 34.1 Å². The molecule has 0 radical (unpaired) electrons. The van der Waals surface area contributed by atoms with Crippen LogP contribution in [0.2, 0.25) is 0 Å². The maximum Gasteiger partial charge on any atom is 0.207 e. The smallest absolute Gasteiger partial charge is 0.207 e. The summed E-state index contributed by atoms with van der Waals surface area (Å²) in [5, 5.41) is 0.156. The molecule has 0 aromatic heterocycles. The lowest BCUT2D eigenvalue weighted by atomic mass is 9.65. The number of carbonyl (C=O) groups excluding carboxylic acids is 2. The molecule has 0 bridgehead atoms. The van der Waals surface area contributed by atoms with Gasteiger partial charge in [-0.15, -0.1) is 0 Å². The van der Waals surface area contributed by atoms with Crippen molar-refractivity contribution in [3.63, 3.8) is 0 Å². The fourth-order valence-electron chi connectivity index (χ4n) is 3.63. The highest BCUT2D eigenvalue weighted by Crippen LogP contribution is 2.46. The first kappa shape index (κ1) is 12.5. The van der Waals surface area contributed by atoms with E-state index in [1.807, 2.05) is 6.08 Å². The van der Waals surface area contributed by atoms with Crippen LogP contribution in [0.1, 0.15) is 45.4 Å².